The van der Waals surface area contributed by atoms with E-state index in [1.165, 1.54) is 21.8 Å². The Bertz CT molecular complexity index is 824. The molecule has 1 saturated heterocycles. The summed E-state index contributed by atoms with van der Waals surface area (Å²) < 4.78 is 7.09. The van der Waals surface area contributed by atoms with E-state index in [9.17, 15) is 5.11 Å². The number of benzene rings is 1. The molecule has 1 aliphatic heterocycles. The fourth-order valence-electron chi connectivity index (χ4n) is 3.27. The normalized spacial score (nSPS) is 17.4. The maximum Gasteiger partial charge on any atom is 0.235 e. The van der Waals surface area contributed by atoms with Crippen LogP contribution in [0.3, 0.4) is 0 Å². The van der Waals surface area contributed by atoms with E-state index in [1.54, 1.807) is 4.52 Å². The Balaban J connectivity index is 1.80. The summed E-state index contributed by atoms with van der Waals surface area (Å²) in [5.74, 6) is 0.980. The van der Waals surface area contributed by atoms with Crippen LogP contribution >= 0.6 is 11.3 Å². The van der Waals surface area contributed by atoms with Gasteiger partial charge in [-0.3, -0.25) is 0 Å². The van der Waals surface area contributed by atoms with Gasteiger partial charge in [-0.25, -0.2) is 4.98 Å². The standard InChI is InChI=1S/C17H20N4O2S/c1-2-13-18-17-21(19-13)16(22)15(24-17)14(12-6-4-3-5-7-12)20-8-10-23-11-9-20/h3-7,14,22H,2,8-11H2,1H3/p+1/t14-/m1/s1. The minimum atomic E-state index is 0.0775. The number of thiazole rings is 1. The van der Waals surface area contributed by atoms with Crippen LogP contribution in [0.5, 0.6) is 5.88 Å². The van der Waals surface area contributed by atoms with Crippen LogP contribution in [-0.4, -0.2) is 46.0 Å². The number of aromatic hydroxyl groups is 1. The lowest BCUT2D eigenvalue weighted by molar-refractivity contribution is -0.932. The number of morpholine rings is 1. The number of nitrogens with zero attached hydrogens (tertiary/aromatic N) is 3. The van der Waals surface area contributed by atoms with Crippen molar-refractivity contribution in [3.63, 3.8) is 0 Å². The van der Waals surface area contributed by atoms with Crippen LogP contribution in [0.1, 0.15) is 29.2 Å². The second kappa shape index (κ2) is 6.51. The second-order valence-corrected chi connectivity index (χ2v) is 6.99. The smallest absolute Gasteiger partial charge is 0.235 e. The van der Waals surface area contributed by atoms with E-state index in [0.29, 0.717) is 0 Å². The van der Waals surface area contributed by atoms with E-state index < -0.39 is 0 Å². The number of aryl methyl sites for hydroxylation is 1. The lowest BCUT2D eigenvalue weighted by atomic mass is 10.0. The number of hydrogen-bond donors (Lipinski definition) is 2. The maximum absolute atomic E-state index is 10.8. The highest BCUT2D eigenvalue weighted by atomic mass is 32.1. The van der Waals surface area contributed by atoms with E-state index in [2.05, 4.69) is 22.2 Å². The van der Waals surface area contributed by atoms with E-state index in [0.717, 1.165) is 48.4 Å². The molecule has 0 aliphatic carbocycles. The van der Waals surface area contributed by atoms with Crippen molar-refractivity contribution in [2.24, 2.45) is 0 Å². The molecule has 0 radical (unpaired) electrons. The van der Waals surface area contributed by atoms with Crippen LogP contribution in [0.15, 0.2) is 30.3 Å². The molecule has 4 rings (SSSR count). The Labute approximate surface area is 144 Å². The van der Waals surface area contributed by atoms with Crippen molar-refractivity contribution in [1.82, 2.24) is 14.6 Å². The Hall–Kier alpha value is -1.96. The van der Waals surface area contributed by atoms with Gasteiger partial charge in [0.2, 0.25) is 10.8 Å². The molecule has 1 atom stereocenters. The van der Waals surface area contributed by atoms with Gasteiger partial charge in [-0.05, 0) is 0 Å². The predicted octanol–water partition coefficient (Wildman–Crippen LogP) is 1.06. The summed E-state index contributed by atoms with van der Waals surface area (Å²) in [7, 11) is 0. The Kier molecular flexibility index (Phi) is 4.22. The van der Waals surface area contributed by atoms with Crippen molar-refractivity contribution in [1.29, 1.82) is 0 Å². The van der Waals surface area contributed by atoms with Gasteiger partial charge in [-0.15, -0.1) is 5.10 Å². The highest BCUT2D eigenvalue weighted by Gasteiger charge is 2.33. The fraction of sp³-hybridized carbons (Fsp3) is 0.412. The first kappa shape index (κ1) is 15.6. The second-order valence-electron chi connectivity index (χ2n) is 5.98. The number of hydrogen-bond acceptors (Lipinski definition) is 5. The zero-order valence-electron chi connectivity index (χ0n) is 13.6. The molecule has 24 heavy (non-hydrogen) atoms. The summed E-state index contributed by atoms with van der Waals surface area (Å²) in [5.41, 5.74) is 1.20. The van der Waals surface area contributed by atoms with Crippen LogP contribution in [0, 0.1) is 0 Å². The maximum atomic E-state index is 10.8. The quantitative estimate of drug-likeness (QED) is 0.742. The minimum absolute atomic E-state index is 0.0775. The van der Waals surface area contributed by atoms with E-state index in [-0.39, 0.29) is 11.9 Å². The fourth-order valence-corrected chi connectivity index (χ4v) is 4.43. The topological polar surface area (TPSA) is 64.1 Å². The summed E-state index contributed by atoms with van der Waals surface area (Å²) in [4.78, 5) is 7.60. The summed E-state index contributed by atoms with van der Waals surface area (Å²) in [6, 6.07) is 10.4. The molecule has 126 valence electrons. The first-order chi connectivity index (χ1) is 11.8. The molecule has 0 amide bonds. The van der Waals surface area contributed by atoms with E-state index in [4.69, 9.17) is 4.74 Å². The highest BCUT2D eigenvalue weighted by Crippen LogP contribution is 2.35. The highest BCUT2D eigenvalue weighted by molar-refractivity contribution is 7.17. The summed E-state index contributed by atoms with van der Waals surface area (Å²) in [6.07, 6.45) is 0.764. The number of quaternary nitrogens is 1. The van der Waals surface area contributed by atoms with Crippen molar-refractivity contribution in [2.45, 2.75) is 19.4 Å². The third-order valence-corrected chi connectivity index (χ3v) is 5.58. The monoisotopic (exact) mass is 345 g/mol. The number of nitrogens with one attached hydrogen (secondary N) is 1. The summed E-state index contributed by atoms with van der Waals surface area (Å²) in [5, 5.41) is 15.2. The zero-order chi connectivity index (χ0) is 16.5. The van der Waals surface area contributed by atoms with E-state index in [1.807, 2.05) is 25.1 Å². The van der Waals surface area contributed by atoms with Gasteiger partial charge >= 0.3 is 0 Å². The van der Waals surface area contributed by atoms with Gasteiger partial charge in [0.05, 0.1) is 13.2 Å². The predicted molar refractivity (Wildman–Crippen MR) is 91.7 cm³/mol. The van der Waals surface area contributed by atoms with Crippen molar-refractivity contribution < 1.29 is 14.7 Å². The Morgan fingerprint density at radius 2 is 2.04 bits per heavy atom. The molecular formula is C17H21N4O2S+. The molecule has 1 aromatic carbocycles. The van der Waals surface area contributed by atoms with Crippen molar-refractivity contribution in [3.8, 4) is 5.88 Å². The summed E-state index contributed by atoms with van der Waals surface area (Å²) in [6.45, 7) is 5.36. The molecule has 0 saturated carbocycles. The van der Waals surface area contributed by atoms with Crippen LogP contribution < -0.4 is 4.90 Å². The SMILES string of the molecule is CCc1nc2sc([C@@H](c3ccccc3)[NH+]3CCOCC3)c(O)n2n1. The minimum Gasteiger partial charge on any atom is -0.492 e. The average Bonchev–Trinajstić information content (AvgIpc) is 3.17. The van der Waals surface area contributed by atoms with Crippen LogP contribution in [0.2, 0.25) is 0 Å². The Morgan fingerprint density at radius 1 is 1.29 bits per heavy atom. The lowest BCUT2D eigenvalue weighted by Gasteiger charge is -2.31. The Morgan fingerprint density at radius 3 is 2.71 bits per heavy atom. The molecule has 2 N–H and O–H groups in total. The molecule has 0 unspecified atom stereocenters. The van der Waals surface area contributed by atoms with Gasteiger partial charge < -0.3 is 14.7 Å². The molecule has 6 nitrogen and oxygen atoms in total. The molecular weight excluding hydrogens is 324 g/mol. The van der Waals surface area contributed by atoms with Gasteiger partial charge in [-0.2, -0.15) is 4.52 Å². The molecule has 7 heteroatoms. The van der Waals surface area contributed by atoms with Gasteiger partial charge in [0.25, 0.3) is 0 Å². The van der Waals surface area contributed by atoms with Gasteiger partial charge in [0.1, 0.15) is 18.0 Å². The zero-order valence-corrected chi connectivity index (χ0v) is 14.4. The first-order valence-electron chi connectivity index (χ1n) is 8.32. The van der Waals surface area contributed by atoms with Crippen molar-refractivity contribution in [2.75, 3.05) is 26.3 Å². The van der Waals surface area contributed by atoms with Crippen LogP contribution in [-0.2, 0) is 11.2 Å². The molecule has 1 aliphatic rings. The third kappa shape index (κ3) is 2.68. The average molecular weight is 345 g/mol. The number of aromatic nitrogens is 3. The van der Waals surface area contributed by atoms with Crippen LogP contribution in [0.25, 0.3) is 4.96 Å². The third-order valence-electron chi connectivity index (χ3n) is 4.50. The molecule has 0 bridgehead atoms. The van der Waals surface area contributed by atoms with E-state index >= 15 is 0 Å². The van der Waals surface area contributed by atoms with Gasteiger partial charge in [0.15, 0.2) is 11.9 Å². The van der Waals surface area contributed by atoms with Gasteiger partial charge in [-0.1, -0.05) is 48.6 Å². The number of ether oxygens (including phenoxy) is 1. The molecule has 1 fully saturated rings. The van der Waals surface area contributed by atoms with Crippen LogP contribution in [0.4, 0.5) is 0 Å². The largest absolute Gasteiger partial charge is 0.492 e. The summed E-state index contributed by atoms with van der Waals surface area (Å²) >= 11 is 1.53. The lowest BCUT2D eigenvalue weighted by Crippen LogP contribution is -3.14. The molecule has 2 aromatic heterocycles. The van der Waals surface area contributed by atoms with Gasteiger partial charge in [0, 0.05) is 12.0 Å². The van der Waals surface area contributed by atoms with Crippen molar-refractivity contribution >= 4 is 16.3 Å². The molecule has 3 aromatic rings. The first-order valence-corrected chi connectivity index (χ1v) is 9.14. The number of rotatable bonds is 4. The molecule has 3 heterocycles. The van der Waals surface area contributed by atoms with Crippen molar-refractivity contribution in [3.05, 3.63) is 46.6 Å². The number of fused-ring (bicyclic) bond motifs is 1. The molecule has 0 spiro atoms.